The molecule has 1 rings (SSSR count). The molecule has 0 aromatic carbocycles. The minimum atomic E-state index is -0.846. The van der Waals surface area contributed by atoms with Crippen LogP contribution in [0.25, 0.3) is 0 Å². The van der Waals surface area contributed by atoms with E-state index in [2.05, 4.69) is 4.74 Å². The number of carbonyl (C=O) groups is 4. The molecule has 134 valence electrons. The van der Waals surface area contributed by atoms with E-state index >= 15 is 0 Å². The first-order valence-electron chi connectivity index (χ1n) is 7.59. The lowest BCUT2D eigenvalue weighted by Gasteiger charge is -2.27. The minimum Gasteiger partial charge on any atom is -0.466 e. The van der Waals surface area contributed by atoms with Gasteiger partial charge in [0.25, 0.3) is 5.91 Å². The second kappa shape index (κ2) is 8.47. The van der Waals surface area contributed by atoms with Gasteiger partial charge in [0, 0.05) is 18.7 Å². The van der Waals surface area contributed by atoms with Crippen LogP contribution in [-0.4, -0.2) is 60.6 Å². The molecule has 1 atom stereocenters. The summed E-state index contributed by atoms with van der Waals surface area (Å²) in [5, 5.41) is 0. The van der Waals surface area contributed by atoms with Gasteiger partial charge in [0.2, 0.25) is 0 Å². The van der Waals surface area contributed by atoms with Crippen LogP contribution in [0.5, 0.6) is 0 Å². The summed E-state index contributed by atoms with van der Waals surface area (Å²) in [6.45, 7) is 5.15. The number of hydrogen-bond acceptors (Lipinski definition) is 7. The van der Waals surface area contributed by atoms with E-state index in [9.17, 15) is 19.2 Å². The summed E-state index contributed by atoms with van der Waals surface area (Å²) in [7, 11) is 1.17. The number of likely N-dealkylation sites (tertiary alicyclic amines) is 1. The molecule has 0 aromatic rings. The van der Waals surface area contributed by atoms with Crippen LogP contribution in [0.2, 0.25) is 0 Å². The topological polar surface area (TPSA) is 99.2 Å². The molecule has 1 aliphatic rings. The molecule has 0 saturated carbocycles. The van der Waals surface area contributed by atoms with E-state index in [-0.39, 0.29) is 0 Å². The van der Waals surface area contributed by atoms with Crippen molar-refractivity contribution in [1.82, 2.24) is 4.90 Å². The normalized spacial score (nSPS) is 17.7. The maximum atomic E-state index is 12.1. The Morgan fingerprint density at radius 3 is 2.33 bits per heavy atom. The zero-order valence-corrected chi connectivity index (χ0v) is 14.4. The van der Waals surface area contributed by atoms with Crippen LogP contribution in [0, 0.1) is 0 Å². The van der Waals surface area contributed by atoms with Crippen molar-refractivity contribution in [1.29, 1.82) is 0 Å². The Bertz CT molecular complexity index is 533. The lowest BCUT2D eigenvalue weighted by atomic mass is 10.1. The monoisotopic (exact) mass is 341 g/mol. The molecule has 0 aliphatic carbocycles. The highest BCUT2D eigenvalue weighted by atomic mass is 16.6. The number of nitrogens with zero attached hydrogens (tertiary/aromatic N) is 1. The predicted octanol–water partition coefficient (Wildman–Crippen LogP) is 0.591. The van der Waals surface area contributed by atoms with Gasteiger partial charge >= 0.3 is 17.9 Å². The quantitative estimate of drug-likeness (QED) is 0.410. The molecule has 0 spiro atoms. The molecule has 8 heteroatoms. The van der Waals surface area contributed by atoms with Crippen LogP contribution in [-0.2, 0) is 33.4 Å². The summed E-state index contributed by atoms with van der Waals surface area (Å²) in [6.07, 6.45) is 2.95. The highest BCUT2D eigenvalue weighted by Gasteiger charge is 2.37. The van der Waals surface area contributed by atoms with Crippen LogP contribution in [0.3, 0.4) is 0 Å². The molecule has 0 aromatic heterocycles. The van der Waals surface area contributed by atoms with Gasteiger partial charge in [0.1, 0.15) is 11.6 Å². The van der Waals surface area contributed by atoms with E-state index in [0.29, 0.717) is 19.4 Å². The van der Waals surface area contributed by atoms with Gasteiger partial charge in [0.05, 0.1) is 7.11 Å². The van der Waals surface area contributed by atoms with E-state index in [0.717, 1.165) is 12.2 Å². The number of ether oxygens (including phenoxy) is 3. The fourth-order valence-electron chi connectivity index (χ4n) is 2.15. The van der Waals surface area contributed by atoms with Crippen molar-refractivity contribution in [3.8, 4) is 0 Å². The van der Waals surface area contributed by atoms with Gasteiger partial charge in [-0.15, -0.1) is 0 Å². The van der Waals surface area contributed by atoms with Crippen molar-refractivity contribution in [2.45, 2.75) is 45.3 Å². The van der Waals surface area contributed by atoms with Gasteiger partial charge in [-0.2, -0.15) is 0 Å². The van der Waals surface area contributed by atoms with Crippen molar-refractivity contribution in [3.05, 3.63) is 12.2 Å². The van der Waals surface area contributed by atoms with Gasteiger partial charge in [0.15, 0.2) is 6.61 Å². The van der Waals surface area contributed by atoms with Crippen LogP contribution >= 0.6 is 0 Å². The fourth-order valence-corrected chi connectivity index (χ4v) is 2.15. The first-order valence-corrected chi connectivity index (χ1v) is 7.59. The van der Waals surface area contributed by atoms with Crippen molar-refractivity contribution in [2.24, 2.45) is 0 Å². The first kappa shape index (κ1) is 19.7. The highest BCUT2D eigenvalue weighted by Crippen LogP contribution is 2.21. The van der Waals surface area contributed by atoms with Crippen molar-refractivity contribution in [3.63, 3.8) is 0 Å². The van der Waals surface area contributed by atoms with Gasteiger partial charge in [-0.1, -0.05) is 0 Å². The summed E-state index contributed by atoms with van der Waals surface area (Å²) in [5.41, 5.74) is -0.639. The Morgan fingerprint density at radius 1 is 1.12 bits per heavy atom. The lowest BCUT2D eigenvalue weighted by Crippen LogP contribution is -2.45. The van der Waals surface area contributed by atoms with Gasteiger partial charge < -0.3 is 19.1 Å². The maximum absolute atomic E-state index is 12.1. The Morgan fingerprint density at radius 2 is 1.75 bits per heavy atom. The Balaban J connectivity index is 2.54. The summed E-state index contributed by atoms with van der Waals surface area (Å²) in [4.78, 5) is 47.9. The van der Waals surface area contributed by atoms with Crippen LogP contribution in [0.1, 0.15) is 33.6 Å². The largest absolute Gasteiger partial charge is 0.466 e. The zero-order valence-electron chi connectivity index (χ0n) is 14.4. The maximum Gasteiger partial charge on any atom is 0.331 e. The number of esters is 3. The molecule has 1 unspecified atom stereocenters. The van der Waals surface area contributed by atoms with Gasteiger partial charge in [-0.25, -0.2) is 14.4 Å². The first-order chi connectivity index (χ1) is 11.1. The number of rotatable bonds is 5. The smallest absolute Gasteiger partial charge is 0.331 e. The summed E-state index contributed by atoms with van der Waals surface area (Å²) >= 11 is 0. The number of hydrogen-bond donors (Lipinski definition) is 0. The Kier molecular flexibility index (Phi) is 6.94. The third-order valence-electron chi connectivity index (χ3n) is 3.15. The molecular formula is C16H23NO7. The molecule has 0 N–H and O–H groups in total. The van der Waals surface area contributed by atoms with Crippen molar-refractivity contribution in [2.75, 3.05) is 20.3 Å². The molecule has 1 saturated heterocycles. The minimum absolute atomic E-state index is 0.401. The molecule has 0 bridgehead atoms. The molecule has 1 aliphatic heterocycles. The van der Waals surface area contributed by atoms with E-state index in [1.807, 2.05) is 0 Å². The lowest BCUT2D eigenvalue weighted by molar-refractivity contribution is -0.164. The van der Waals surface area contributed by atoms with E-state index < -0.39 is 42.1 Å². The van der Waals surface area contributed by atoms with Crippen LogP contribution in [0.4, 0.5) is 0 Å². The molecule has 24 heavy (non-hydrogen) atoms. The average Bonchev–Trinajstić information content (AvgIpc) is 2.98. The standard InChI is InChI=1S/C16H23NO7/c1-16(2,3)24-15(21)11-6-5-9-17(11)12(18)10-23-14(20)8-7-13(19)22-4/h7-8,11H,5-6,9-10H2,1-4H3. The zero-order chi connectivity index (χ0) is 18.3. The second-order valence-corrected chi connectivity index (χ2v) is 6.24. The van der Waals surface area contributed by atoms with Crippen molar-refractivity contribution < 1.29 is 33.4 Å². The summed E-state index contributed by atoms with van der Waals surface area (Å²) < 4.78 is 14.4. The number of methoxy groups -OCH3 is 1. The Hall–Kier alpha value is -2.38. The second-order valence-electron chi connectivity index (χ2n) is 6.24. The average molecular weight is 341 g/mol. The van der Waals surface area contributed by atoms with Crippen molar-refractivity contribution >= 4 is 23.8 Å². The molecule has 8 nitrogen and oxygen atoms in total. The number of carbonyl (C=O) groups excluding carboxylic acids is 4. The third-order valence-corrected chi connectivity index (χ3v) is 3.15. The number of amides is 1. The third kappa shape index (κ3) is 6.39. The Labute approximate surface area is 140 Å². The SMILES string of the molecule is COC(=O)C=CC(=O)OCC(=O)N1CCCC1C(=O)OC(C)(C)C. The van der Waals surface area contributed by atoms with E-state index in [4.69, 9.17) is 9.47 Å². The van der Waals surface area contributed by atoms with Crippen LogP contribution < -0.4 is 0 Å². The van der Waals surface area contributed by atoms with E-state index in [1.165, 1.54) is 12.0 Å². The molecule has 1 fully saturated rings. The molecule has 0 radical (unpaired) electrons. The molecular weight excluding hydrogens is 318 g/mol. The van der Waals surface area contributed by atoms with Gasteiger partial charge in [-0.3, -0.25) is 4.79 Å². The van der Waals surface area contributed by atoms with Gasteiger partial charge in [-0.05, 0) is 33.6 Å². The fraction of sp³-hybridized carbons (Fsp3) is 0.625. The highest BCUT2D eigenvalue weighted by molar-refractivity contribution is 5.93. The summed E-state index contributed by atoms with van der Waals surface area (Å²) in [5.74, 6) is -2.50. The van der Waals surface area contributed by atoms with Crippen LogP contribution in [0.15, 0.2) is 12.2 Å². The summed E-state index contributed by atoms with van der Waals surface area (Å²) in [6, 6.07) is -0.666. The van der Waals surface area contributed by atoms with E-state index in [1.54, 1.807) is 20.8 Å². The molecule has 1 heterocycles. The predicted molar refractivity (Wildman–Crippen MR) is 82.7 cm³/mol. The molecule has 1 amide bonds.